The summed E-state index contributed by atoms with van der Waals surface area (Å²) in [6, 6.07) is 7.78. The predicted octanol–water partition coefficient (Wildman–Crippen LogP) is 2.62. The molecule has 0 saturated heterocycles. The van der Waals surface area contributed by atoms with E-state index in [1.54, 1.807) is 0 Å². The number of nitrogens with zero attached hydrogens (tertiary/aromatic N) is 1. The van der Waals surface area contributed by atoms with E-state index in [4.69, 9.17) is 5.73 Å². The first-order valence-electron chi connectivity index (χ1n) is 5.44. The predicted molar refractivity (Wildman–Crippen MR) is 65.8 cm³/mol. The molecule has 1 aliphatic carbocycles. The number of hydrogen-bond donors (Lipinski definition) is 2. The van der Waals surface area contributed by atoms with Gasteiger partial charge in [0.1, 0.15) is 5.82 Å². The Morgan fingerprint density at radius 2 is 2.25 bits per heavy atom. The SMILES string of the molecule is Nc1cccc(-c2nc3c([nH]2)CCC=C3)c1. The van der Waals surface area contributed by atoms with Crippen LogP contribution in [0.2, 0.25) is 0 Å². The highest BCUT2D eigenvalue weighted by Crippen LogP contribution is 2.23. The summed E-state index contributed by atoms with van der Waals surface area (Å²) in [4.78, 5) is 7.92. The summed E-state index contributed by atoms with van der Waals surface area (Å²) >= 11 is 0. The van der Waals surface area contributed by atoms with Crippen LogP contribution in [0.15, 0.2) is 30.3 Å². The highest BCUT2D eigenvalue weighted by Gasteiger charge is 2.11. The summed E-state index contributed by atoms with van der Waals surface area (Å²) in [6.07, 6.45) is 6.37. The van der Waals surface area contributed by atoms with Gasteiger partial charge in [-0.1, -0.05) is 18.2 Å². The molecule has 1 aliphatic rings. The van der Waals surface area contributed by atoms with Crippen LogP contribution in [0.4, 0.5) is 5.69 Å². The van der Waals surface area contributed by atoms with Gasteiger partial charge in [-0.2, -0.15) is 0 Å². The Labute approximate surface area is 94.0 Å². The van der Waals surface area contributed by atoms with Crippen LogP contribution in [-0.2, 0) is 6.42 Å². The fraction of sp³-hybridized carbons (Fsp3) is 0.154. The van der Waals surface area contributed by atoms with Crippen molar-refractivity contribution >= 4 is 11.8 Å². The lowest BCUT2D eigenvalue weighted by Crippen LogP contribution is -1.91. The van der Waals surface area contributed by atoms with E-state index in [1.165, 1.54) is 5.69 Å². The summed E-state index contributed by atoms with van der Waals surface area (Å²) in [7, 11) is 0. The number of nitrogens with two attached hydrogens (primary N) is 1. The van der Waals surface area contributed by atoms with Gasteiger partial charge in [-0.25, -0.2) is 4.98 Å². The molecule has 80 valence electrons. The summed E-state index contributed by atoms with van der Waals surface area (Å²) in [5.74, 6) is 0.906. The third-order valence-corrected chi connectivity index (χ3v) is 2.81. The quantitative estimate of drug-likeness (QED) is 0.712. The molecule has 0 fully saturated rings. The molecule has 3 N–H and O–H groups in total. The summed E-state index contributed by atoms with van der Waals surface area (Å²) < 4.78 is 0. The van der Waals surface area contributed by atoms with Crippen LogP contribution in [0.1, 0.15) is 17.8 Å². The smallest absolute Gasteiger partial charge is 0.138 e. The van der Waals surface area contributed by atoms with Crippen molar-refractivity contribution in [1.29, 1.82) is 0 Å². The molecule has 1 heterocycles. The fourth-order valence-electron chi connectivity index (χ4n) is 2.00. The van der Waals surface area contributed by atoms with Crippen LogP contribution in [0.3, 0.4) is 0 Å². The minimum absolute atomic E-state index is 0.766. The Hall–Kier alpha value is -2.03. The highest BCUT2D eigenvalue weighted by atomic mass is 14.9. The van der Waals surface area contributed by atoms with Crippen LogP contribution in [0.25, 0.3) is 17.5 Å². The number of hydrogen-bond acceptors (Lipinski definition) is 2. The van der Waals surface area contributed by atoms with Crippen LogP contribution >= 0.6 is 0 Å². The van der Waals surface area contributed by atoms with Gasteiger partial charge in [0.05, 0.1) is 5.69 Å². The molecular formula is C13H13N3. The van der Waals surface area contributed by atoms with E-state index in [1.807, 2.05) is 24.3 Å². The zero-order chi connectivity index (χ0) is 11.0. The van der Waals surface area contributed by atoms with Gasteiger partial charge in [0.25, 0.3) is 0 Å². The van der Waals surface area contributed by atoms with Gasteiger partial charge in [0.2, 0.25) is 0 Å². The molecule has 0 saturated carbocycles. The van der Waals surface area contributed by atoms with E-state index < -0.39 is 0 Å². The van der Waals surface area contributed by atoms with Gasteiger partial charge in [-0.05, 0) is 31.1 Å². The Balaban J connectivity index is 2.07. The number of aromatic amines is 1. The molecule has 0 radical (unpaired) electrons. The first kappa shape index (κ1) is 9.21. The van der Waals surface area contributed by atoms with Gasteiger partial charge < -0.3 is 10.7 Å². The molecule has 0 aliphatic heterocycles. The summed E-state index contributed by atoms with van der Waals surface area (Å²) in [5, 5.41) is 0. The van der Waals surface area contributed by atoms with Crippen LogP contribution in [0, 0.1) is 0 Å². The number of aryl methyl sites for hydroxylation is 1. The molecule has 16 heavy (non-hydrogen) atoms. The third-order valence-electron chi connectivity index (χ3n) is 2.81. The Bertz CT molecular complexity index is 552. The number of nitrogen functional groups attached to an aromatic ring is 1. The normalized spacial score (nSPS) is 13.8. The second-order valence-electron chi connectivity index (χ2n) is 4.02. The lowest BCUT2D eigenvalue weighted by Gasteiger charge is -2.00. The molecule has 0 bridgehead atoms. The number of allylic oxidation sites excluding steroid dienone is 1. The Morgan fingerprint density at radius 3 is 3.06 bits per heavy atom. The van der Waals surface area contributed by atoms with Gasteiger partial charge >= 0.3 is 0 Å². The molecule has 1 aromatic carbocycles. The van der Waals surface area contributed by atoms with Crippen molar-refractivity contribution < 1.29 is 0 Å². The van der Waals surface area contributed by atoms with Crippen LogP contribution in [0.5, 0.6) is 0 Å². The van der Waals surface area contributed by atoms with E-state index in [0.29, 0.717) is 0 Å². The first-order chi connectivity index (χ1) is 7.83. The Morgan fingerprint density at radius 1 is 1.31 bits per heavy atom. The standard InChI is InChI=1S/C13H13N3/c14-10-5-3-4-9(8-10)13-15-11-6-1-2-7-12(11)16-13/h1,3-6,8H,2,7,14H2,(H,15,16). The number of fused-ring (bicyclic) bond motifs is 1. The summed E-state index contributed by atoms with van der Waals surface area (Å²) in [5.41, 5.74) is 9.85. The van der Waals surface area contributed by atoms with Crippen molar-refractivity contribution in [3.63, 3.8) is 0 Å². The maximum atomic E-state index is 5.76. The molecule has 2 aromatic rings. The fourth-order valence-corrected chi connectivity index (χ4v) is 2.00. The van der Waals surface area contributed by atoms with Gasteiger partial charge in [0, 0.05) is 16.9 Å². The van der Waals surface area contributed by atoms with Crippen molar-refractivity contribution in [3.05, 3.63) is 41.7 Å². The van der Waals surface area contributed by atoms with E-state index in [-0.39, 0.29) is 0 Å². The van der Waals surface area contributed by atoms with E-state index in [9.17, 15) is 0 Å². The molecule has 3 rings (SSSR count). The average Bonchev–Trinajstić information content (AvgIpc) is 2.72. The molecular weight excluding hydrogens is 198 g/mol. The molecule has 3 nitrogen and oxygen atoms in total. The van der Waals surface area contributed by atoms with Crippen molar-refractivity contribution in [2.75, 3.05) is 5.73 Å². The number of rotatable bonds is 1. The maximum absolute atomic E-state index is 5.76. The van der Waals surface area contributed by atoms with E-state index >= 15 is 0 Å². The van der Waals surface area contributed by atoms with Crippen molar-refractivity contribution in [2.45, 2.75) is 12.8 Å². The highest BCUT2D eigenvalue weighted by molar-refractivity contribution is 5.64. The van der Waals surface area contributed by atoms with Gasteiger partial charge in [-0.3, -0.25) is 0 Å². The van der Waals surface area contributed by atoms with Crippen molar-refractivity contribution in [1.82, 2.24) is 9.97 Å². The van der Waals surface area contributed by atoms with E-state index in [0.717, 1.165) is 35.6 Å². The monoisotopic (exact) mass is 211 g/mol. The maximum Gasteiger partial charge on any atom is 0.138 e. The number of anilines is 1. The number of benzene rings is 1. The average molecular weight is 211 g/mol. The molecule has 0 spiro atoms. The second-order valence-corrected chi connectivity index (χ2v) is 4.02. The number of H-pyrrole nitrogens is 1. The zero-order valence-corrected chi connectivity index (χ0v) is 8.90. The van der Waals surface area contributed by atoms with Crippen molar-refractivity contribution in [2.24, 2.45) is 0 Å². The number of nitrogens with one attached hydrogen (secondary N) is 1. The van der Waals surface area contributed by atoms with Crippen LogP contribution < -0.4 is 5.73 Å². The first-order valence-corrected chi connectivity index (χ1v) is 5.44. The minimum Gasteiger partial charge on any atom is -0.399 e. The lowest BCUT2D eigenvalue weighted by molar-refractivity contribution is 0.944. The lowest BCUT2D eigenvalue weighted by atomic mass is 10.1. The molecule has 3 heteroatoms. The van der Waals surface area contributed by atoms with Crippen molar-refractivity contribution in [3.8, 4) is 11.4 Å². The van der Waals surface area contributed by atoms with Gasteiger partial charge in [0.15, 0.2) is 0 Å². The summed E-state index contributed by atoms with van der Waals surface area (Å²) in [6.45, 7) is 0. The van der Waals surface area contributed by atoms with Crippen LogP contribution in [-0.4, -0.2) is 9.97 Å². The van der Waals surface area contributed by atoms with Gasteiger partial charge in [-0.15, -0.1) is 0 Å². The molecule has 0 unspecified atom stereocenters. The molecule has 0 amide bonds. The largest absolute Gasteiger partial charge is 0.399 e. The Kier molecular flexibility index (Phi) is 2.03. The van der Waals surface area contributed by atoms with E-state index in [2.05, 4.69) is 22.1 Å². The third kappa shape index (κ3) is 1.50. The topological polar surface area (TPSA) is 54.7 Å². The zero-order valence-electron chi connectivity index (χ0n) is 8.90. The number of imidazole rings is 1. The molecule has 0 atom stereocenters. The minimum atomic E-state index is 0.766. The molecule has 1 aromatic heterocycles. The number of aromatic nitrogens is 2. The second kappa shape index (κ2) is 3.52.